The lowest BCUT2D eigenvalue weighted by Crippen LogP contribution is -2.04. The first-order valence-corrected chi connectivity index (χ1v) is 6.11. The van der Waals surface area contributed by atoms with Gasteiger partial charge in [-0.15, -0.1) is 12.4 Å². The van der Waals surface area contributed by atoms with Gasteiger partial charge in [-0.3, -0.25) is 0 Å². The predicted octanol–water partition coefficient (Wildman–Crippen LogP) is 4.00. The van der Waals surface area contributed by atoms with E-state index in [0.717, 1.165) is 17.7 Å². The Bertz CT molecular complexity index is 614. The van der Waals surface area contributed by atoms with Gasteiger partial charge in [-0.1, -0.05) is 18.2 Å². The van der Waals surface area contributed by atoms with Gasteiger partial charge in [-0.25, -0.2) is 0 Å². The number of aromatic hydroxyl groups is 1. The molecule has 0 aliphatic carbocycles. The number of rotatable bonds is 3. The van der Waals surface area contributed by atoms with Crippen LogP contribution in [0.25, 0.3) is 11.1 Å². The van der Waals surface area contributed by atoms with E-state index < -0.39 is 11.7 Å². The van der Waals surface area contributed by atoms with Gasteiger partial charge in [0.25, 0.3) is 0 Å². The molecule has 0 amide bonds. The summed E-state index contributed by atoms with van der Waals surface area (Å²) < 4.78 is 38.1. The van der Waals surface area contributed by atoms with Crippen LogP contribution in [0, 0.1) is 0 Å². The summed E-state index contributed by atoms with van der Waals surface area (Å²) in [6.45, 7) is 0.437. The summed E-state index contributed by atoms with van der Waals surface area (Å²) in [5.74, 6) is -0.0508. The molecule has 0 unspecified atom stereocenters. The quantitative estimate of drug-likeness (QED) is 0.898. The van der Waals surface area contributed by atoms with E-state index in [0.29, 0.717) is 24.1 Å². The van der Waals surface area contributed by atoms with E-state index in [2.05, 4.69) is 0 Å². The summed E-state index contributed by atoms with van der Waals surface area (Å²) in [6, 6.07) is 9.74. The van der Waals surface area contributed by atoms with Gasteiger partial charge in [-0.2, -0.15) is 13.2 Å². The fraction of sp³-hybridized carbons (Fsp3) is 0.200. The van der Waals surface area contributed by atoms with E-state index in [1.165, 1.54) is 18.2 Å². The van der Waals surface area contributed by atoms with E-state index in [1.54, 1.807) is 12.1 Å². The summed E-state index contributed by atoms with van der Waals surface area (Å²) in [7, 11) is 0. The van der Waals surface area contributed by atoms with Gasteiger partial charge in [0.05, 0.1) is 5.56 Å². The smallest absolute Gasteiger partial charge is 0.416 e. The molecule has 114 valence electrons. The van der Waals surface area contributed by atoms with Crippen LogP contribution < -0.4 is 5.73 Å². The van der Waals surface area contributed by atoms with E-state index >= 15 is 0 Å². The van der Waals surface area contributed by atoms with Gasteiger partial charge in [0.1, 0.15) is 5.75 Å². The van der Waals surface area contributed by atoms with Crippen molar-refractivity contribution in [2.24, 2.45) is 5.73 Å². The van der Waals surface area contributed by atoms with Gasteiger partial charge in [0.2, 0.25) is 0 Å². The molecule has 0 aromatic heterocycles. The molecule has 0 saturated heterocycles. The van der Waals surface area contributed by atoms with Crippen LogP contribution in [0.5, 0.6) is 5.75 Å². The largest absolute Gasteiger partial charge is 0.507 e. The van der Waals surface area contributed by atoms with Crippen molar-refractivity contribution in [3.05, 3.63) is 53.6 Å². The summed E-state index contributed by atoms with van der Waals surface area (Å²) in [6.07, 6.45) is -3.80. The first-order valence-electron chi connectivity index (χ1n) is 6.11. The first-order chi connectivity index (χ1) is 9.41. The lowest BCUT2D eigenvalue weighted by atomic mass is 9.99. The van der Waals surface area contributed by atoms with Crippen LogP contribution in [0.3, 0.4) is 0 Å². The van der Waals surface area contributed by atoms with Crippen molar-refractivity contribution >= 4 is 12.4 Å². The molecule has 2 nitrogen and oxygen atoms in total. The normalized spacial score (nSPS) is 11.0. The van der Waals surface area contributed by atoms with Crippen LogP contribution in [-0.2, 0) is 12.6 Å². The third kappa shape index (κ3) is 4.12. The molecule has 0 saturated carbocycles. The maximum absolute atomic E-state index is 12.7. The van der Waals surface area contributed by atoms with Gasteiger partial charge >= 0.3 is 6.18 Å². The van der Waals surface area contributed by atoms with Gasteiger partial charge in [0, 0.05) is 5.56 Å². The lowest BCUT2D eigenvalue weighted by Gasteiger charge is -2.11. The Morgan fingerprint density at radius 1 is 1.05 bits per heavy atom. The minimum atomic E-state index is -4.40. The number of nitrogens with two attached hydrogens (primary N) is 1. The zero-order valence-corrected chi connectivity index (χ0v) is 11.8. The van der Waals surface area contributed by atoms with Gasteiger partial charge in [0.15, 0.2) is 0 Å². The Hall–Kier alpha value is -1.72. The van der Waals surface area contributed by atoms with Crippen molar-refractivity contribution in [3.63, 3.8) is 0 Å². The minimum Gasteiger partial charge on any atom is -0.507 e. The van der Waals surface area contributed by atoms with Crippen molar-refractivity contribution in [1.29, 1.82) is 0 Å². The van der Waals surface area contributed by atoms with E-state index in [9.17, 15) is 18.3 Å². The van der Waals surface area contributed by atoms with Crippen LogP contribution in [-0.4, -0.2) is 11.7 Å². The highest BCUT2D eigenvalue weighted by Crippen LogP contribution is 2.35. The molecule has 0 spiro atoms. The molecule has 0 aliphatic rings. The molecule has 6 heteroatoms. The number of phenolic OH excluding ortho intramolecular Hbond substituents is 1. The SMILES string of the molecule is Cl.NCCc1ccc(O)c(-c2cccc(C(F)(F)F)c2)c1. The Morgan fingerprint density at radius 2 is 1.76 bits per heavy atom. The fourth-order valence-corrected chi connectivity index (χ4v) is 2.00. The molecule has 0 fully saturated rings. The topological polar surface area (TPSA) is 46.2 Å². The second-order valence-corrected chi connectivity index (χ2v) is 4.47. The van der Waals surface area contributed by atoms with Crippen LogP contribution in [0.15, 0.2) is 42.5 Å². The highest BCUT2D eigenvalue weighted by atomic mass is 35.5. The molecular formula is C15H15ClF3NO. The second kappa shape index (κ2) is 6.83. The average Bonchev–Trinajstić information content (AvgIpc) is 2.40. The standard InChI is InChI=1S/C15H14F3NO.ClH/c16-15(17,18)12-3-1-2-11(9-12)13-8-10(6-7-19)4-5-14(13)20;/h1-5,8-9,20H,6-7,19H2;1H. The third-order valence-electron chi connectivity index (χ3n) is 2.99. The van der Waals surface area contributed by atoms with Gasteiger partial charge in [-0.05, 0) is 48.4 Å². The molecule has 2 rings (SSSR count). The summed E-state index contributed by atoms with van der Waals surface area (Å²) in [5.41, 5.74) is 6.30. The molecule has 0 atom stereocenters. The van der Waals surface area contributed by atoms with Crippen molar-refractivity contribution in [1.82, 2.24) is 0 Å². The third-order valence-corrected chi connectivity index (χ3v) is 2.99. The first kappa shape index (κ1) is 17.3. The fourth-order valence-electron chi connectivity index (χ4n) is 2.00. The molecule has 3 N–H and O–H groups in total. The van der Waals surface area contributed by atoms with E-state index in [1.807, 2.05) is 0 Å². The number of benzene rings is 2. The summed E-state index contributed by atoms with van der Waals surface area (Å²) >= 11 is 0. The van der Waals surface area contributed by atoms with Crippen LogP contribution in [0.1, 0.15) is 11.1 Å². The minimum absolute atomic E-state index is 0. The molecule has 21 heavy (non-hydrogen) atoms. The predicted molar refractivity (Wildman–Crippen MR) is 78.6 cm³/mol. The molecule has 2 aromatic rings. The van der Waals surface area contributed by atoms with Crippen LogP contribution in [0.2, 0.25) is 0 Å². The lowest BCUT2D eigenvalue weighted by molar-refractivity contribution is -0.137. The number of phenols is 1. The molecule has 2 aromatic carbocycles. The highest BCUT2D eigenvalue weighted by molar-refractivity contribution is 5.85. The Labute approximate surface area is 126 Å². The number of hydrogen-bond donors (Lipinski definition) is 2. The van der Waals surface area contributed by atoms with Crippen molar-refractivity contribution < 1.29 is 18.3 Å². The Balaban J connectivity index is 0.00000220. The number of halogens is 4. The highest BCUT2D eigenvalue weighted by Gasteiger charge is 2.30. The average molecular weight is 318 g/mol. The van der Waals surface area contributed by atoms with Crippen molar-refractivity contribution in [3.8, 4) is 16.9 Å². The Kier molecular flexibility index (Phi) is 5.63. The van der Waals surface area contributed by atoms with E-state index in [-0.39, 0.29) is 18.2 Å². The van der Waals surface area contributed by atoms with Gasteiger partial charge < -0.3 is 10.8 Å². The molecule has 0 radical (unpaired) electrons. The molecule has 0 bridgehead atoms. The van der Waals surface area contributed by atoms with Crippen LogP contribution in [0.4, 0.5) is 13.2 Å². The van der Waals surface area contributed by atoms with E-state index in [4.69, 9.17) is 5.73 Å². The Morgan fingerprint density at radius 3 is 2.38 bits per heavy atom. The van der Waals surface area contributed by atoms with Crippen molar-refractivity contribution in [2.45, 2.75) is 12.6 Å². The monoisotopic (exact) mass is 317 g/mol. The number of alkyl halides is 3. The maximum atomic E-state index is 12.7. The molecular weight excluding hydrogens is 303 g/mol. The zero-order valence-electron chi connectivity index (χ0n) is 11.0. The molecule has 0 aliphatic heterocycles. The summed E-state index contributed by atoms with van der Waals surface area (Å²) in [4.78, 5) is 0. The number of hydrogen-bond acceptors (Lipinski definition) is 2. The zero-order chi connectivity index (χ0) is 14.8. The summed E-state index contributed by atoms with van der Waals surface area (Å²) in [5, 5.41) is 9.84. The maximum Gasteiger partial charge on any atom is 0.416 e. The van der Waals surface area contributed by atoms with Crippen molar-refractivity contribution in [2.75, 3.05) is 6.54 Å². The van der Waals surface area contributed by atoms with Crippen LogP contribution >= 0.6 is 12.4 Å². The molecule has 0 heterocycles. The second-order valence-electron chi connectivity index (χ2n) is 4.47.